The number of anilines is 1. The molecule has 27 heavy (non-hydrogen) atoms. The van der Waals surface area contributed by atoms with Crippen molar-refractivity contribution in [2.45, 2.75) is 17.4 Å². The van der Waals surface area contributed by atoms with E-state index in [1.165, 1.54) is 12.1 Å². The monoisotopic (exact) mass is 434 g/mol. The van der Waals surface area contributed by atoms with Gasteiger partial charge in [-0.05, 0) is 18.2 Å². The minimum Gasteiger partial charge on any atom is -0.354 e. The van der Waals surface area contributed by atoms with E-state index >= 15 is 0 Å². The molecule has 1 atom stereocenters. The van der Waals surface area contributed by atoms with Crippen molar-refractivity contribution in [2.24, 2.45) is 0 Å². The molecule has 2 heterocycles. The van der Waals surface area contributed by atoms with E-state index in [0.29, 0.717) is 18.7 Å². The molecule has 3 rings (SSSR count). The predicted molar refractivity (Wildman–Crippen MR) is 108 cm³/mol. The van der Waals surface area contributed by atoms with Gasteiger partial charge in [0.25, 0.3) is 0 Å². The normalized spacial score (nSPS) is 21.0. The molecule has 0 aromatic heterocycles. The maximum Gasteiger partial charge on any atom is 0.243 e. The lowest BCUT2D eigenvalue weighted by Gasteiger charge is -2.26. The van der Waals surface area contributed by atoms with E-state index in [0.717, 1.165) is 22.4 Å². The van der Waals surface area contributed by atoms with Crippen LogP contribution in [0.1, 0.15) is 6.42 Å². The molecule has 2 fully saturated rings. The molecule has 0 spiro atoms. The van der Waals surface area contributed by atoms with Crippen LogP contribution in [0.15, 0.2) is 29.2 Å². The van der Waals surface area contributed by atoms with Gasteiger partial charge in [-0.15, -0.1) is 12.4 Å². The summed E-state index contributed by atoms with van der Waals surface area (Å²) in [5.74, 6) is 1.46. The second kappa shape index (κ2) is 9.74. The van der Waals surface area contributed by atoms with E-state index in [4.69, 9.17) is 0 Å². The molecule has 0 aliphatic carbocycles. The fourth-order valence-electron chi connectivity index (χ4n) is 2.89. The number of sulfonamides is 1. The summed E-state index contributed by atoms with van der Waals surface area (Å²) in [7, 11) is -3.77. The predicted octanol–water partition coefficient (Wildman–Crippen LogP) is 0.263. The Morgan fingerprint density at radius 2 is 2.15 bits per heavy atom. The summed E-state index contributed by atoms with van der Waals surface area (Å²) in [5.41, 5.74) is 0.431. The minimum atomic E-state index is -3.77. The number of thioether (sulfide) groups is 1. The first-order chi connectivity index (χ1) is 12.4. The Morgan fingerprint density at radius 1 is 1.33 bits per heavy atom. The van der Waals surface area contributed by atoms with Gasteiger partial charge in [0, 0.05) is 49.3 Å². The molecular formula is C16H23ClN4O4S2. The summed E-state index contributed by atoms with van der Waals surface area (Å²) >= 11 is 1.81. The SMILES string of the molecule is Cl.O=C1CN(S(=O)(=O)c2cccc(NC(=O)CC3CSCCN3)c2)CCN1. The molecule has 3 N–H and O–H groups in total. The molecule has 0 saturated carbocycles. The van der Waals surface area contributed by atoms with Gasteiger partial charge in [-0.25, -0.2) is 8.42 Å². The average Bonchev–Trinajstić information content (AvgIpc) is 2.62. The Bertz CT molecular complexity index is 784. The Kier molecular flexibility index (Phi) is 7.92. The van der Waals surface area contributed by atoms with Crippen LogP contribution in [-0.2, 0) is 19.6 Å². The van der Waals surface area contributed by atoms with Crippen LogP contribution in [-0.4, -0.2) is 68.3 Å². The fourth-order valence-corrected chi connectivity index (χ4v) is 5.28. The number of piperazine rings is 1. The minimum absolute atomic E-state index is 0. The van der Waals surface area contributed by atoms with Crippen molar-refractivity contribution in [3.05, 3.63) is 24.3 Å². The highest BCUT2D eigenvalue weighted by Gasteiger charge is 2.29. The largest absolute Gasteiger partial charge is 0.354 e. The topological polar surface area (TPSA) is 108 Å². The summed E-state index contributed by atoms with van der Waals surface area (Å²) in [6.07, 6.45) is 0.344. The molecule has 0 bridgehead atoms. The van der Waals surface area contributed by atoms with Crippen LogP contribution in [0, 0.1) is 0 Å². The second-order valence-electron chi connectivity index (χ2n) is 6.19. The van der Waals surface area contributed by atoms with Crippen molar-refractivity contribution < 1.29 is 18.0 Å². The Hall–Kier alpha value is -1.33. The van der Waals surface area contributed by atoms with Crippen LogP contribution in [0.25, 0.3) is 0 Å². The number of amides is 2. The number of benzene rings is 1. The number of hydrogen-bond acceptors (Lipinski definition) is 6. The maximum absolute atomic E-state index is 12.7. The van der Waals surface area contributed by atoms with Crippen molar-refractivity contribution in [1.29, 1.82) is 0 Å². The van der Waals surface area contributed by atoms with Crippen LogP contribution < -0.4 is 16.0 Å². The number of carbonyl (C=O) groups is 2. The Labute approximate surface area is 169 Å². The third-order valence-electron chi connectivity index (χ3n) is 4.19. The van der Waals surface area contributed by atoms with Crippen molar-refractivity contribution in [3.63, 3.8) is 0 Å². The number of carbonyl (C=O) groups excluding carboxylic acids is 2. The summed E-state index contributed by atoms with van der Waals surface area (Å²) in [4.78, 5) is 23.8. The zero-order valence-corrected chi connectivity index (χ0v) is 17.1. The van der Waals surface area contributed by atoms with Crippen LogP contribution in [0.3, 0.4) is 0 Å². The highest BCUT2D eigenvalue weighted by molar-refractivity contribution is 7.99. The lowest BCUT2D eigenvalue weighted by atomic mass is 10.2. The van der Waals surface area contributed by atoms with Gasteiger partial charge in [-0.2, -0.15) is 16.1 Å². The van der Waals surface area contributed by atoms with Gasteiger partial charge in [-0.1, -0.05) is 6.07 Å². The fraction of sp³-hybridized carbons (Fsp3) is 0.500. The molecule has 8 nitrogen and oxygen atoms in total. The smallest absolute Gasteiger partial charge is 0.243 e. The van der Waals surface area contributed by atoms with Crippen molar-refractivity contribution >= 4 is 51.7 Å². The van der Waals surface area contributed by atoms with Gasteiger partial charge in [0.1, 0.15) is 0 Å². The molecule has 2 aliphatic heterocycles. The van der Waals surface area contributed by atoms with Crippen molar-refractivity contribution in [3.8, 4) is 0 Å². The molecule has 0 radical (unpaired) electrons. The quantitative estimate of drug-likeness (QED) is 0.613. The first-order valence-electron chi connectivity index (χ1n) is 8.43. The number of halogens is 1. The van der Waals surface area contributed by atoms with Gasteiger partial charge >= 0.3 is 0 Å². The highest BCUT2D eigenvalue weighted by Crippen LogP contribution is 2.20. The Balaban J connectivity index is 0.00000261. The van der Waals surface area contributed by atoms with Gasteiger partial charge in [0.15, 0.2) is 0 Å². The first kappa shape index (κ1) is 22.0. The van der Waals surface area contributed by atoms with E-state index in [-0.39, 0.29) is 48.2 Å². The Morgan fingerprint density at radius 3 is 2.85 bits per heavy atom. The molecule has 2 aliphatic rings. The molecule has 1 aromatic rings. The van der Waals surface area contributed by atoms with Crippen molar-refractivity contribution in [2.75, 3.05) is 43.0 Å². The van der Waals surface area contributed by atoms with Gasteiger partial charge in [0.2, 0.25) is 21.8 Å². The molecular weight excluding hydrogens is 412 g/mol. The van der Waals surface area contributed by atoms with Gasteiger partial charge in [-0.3, -0.25) is 9.59 Å². The third kappa shape index (κ3) is 5.82. The molecule has 11 heteroatoms. The zero-order valence-electron chi connectivity index (χ0n) is 14.6. The maximum atomic E-state index is 12.7. The number of rotatable bonds is 5. The molecule has 2 amide bonds. The van der Waals surface area contributed by atoms with E-state index < -0.39 is 10.0 Å². The summed E-state index contributed by atoms with van der Waals surface area (Å²) in [5, 5.41) is 8.66. The third-order valence-corrected chi connectivity index (χ3v) is 7.16. The van der Waals surface area contributed by atoms with E-state index in [1.54, 1.807) is 12.1 Å². The summed E-state index contributed by atoms with van der Waals surface area (Å²) in [6.45, 7) is 1.22. The highest BCUT2D eigenvalue weighted by atomic mass is 35.5. The average molecular weight is 435 g/mol. The van der Waals surface area contributed by atoms with E-state index in [9.17, 15) is 18.0 Å². The molecule has 150 valence electrons. The lowest BCUT2D eigenvalue weighted by Crippen LogP contribution is -2.49. The molecule has 1 aromatic carbocycles. The number of nitrogens with one attached hydrogen (secondary N) is 3. The first-order valence-corrected chi connectivity index (χ1v) is 11.0. The molecule has 1 unspecified atom stereocenters. The van der Waals surface area contributed by atoms with Gasteiger partial charge < -0.3 is 16.0 Å². The lowest BCUT2D eigenvalue weighted by molar-refractivity contribution is -0.122. The second-order valence-corrected chi connectivity index (χ2v) is 9.28. The number of nitrogens with zero attached hydrogens (tertiary/aromatic N) is 1. The van der Waals surface area contributed by atoms with Crippen LogP contribution in [0.2, 0.25) is 0 Å². The van der Waals surface area contributed by atoms with Crippen LogP contribution in [0.5, 0.6) is 0 Å². The van der Waals surface area contributed by atoms with Gasteiger partial charge in [0.05, 0.1) is 11.4 Å². The zero-order chi connectivity index (χ0) is 18.6. The molecule has 2 saturated heterocycles. The van der Waals surface area contributed by atoms with Crippen LogP contribution >= 0.6 is 24.2 Å². The summed E-state index contributed by atoms with van der Waals surface area (Å²) < 4.78 is 26.6. The van der Waals surface area contributed by atoms with E-state index in [1.807, 2.05) is 11.8 Å². The number of hydrogen-bond donors (Lipinski definition) is 3. The van der Waals surface area contributed by atoms with Crippen molar-refractivity contribution in [1.82, 2.24) is 14.9 Å². The van der Waals surface area contributed by atoms with Crippen LogP contribution in [0.4, 0.5) is 5.69 Å². The summed E-state index contributed by atoms with van der Waals surface area (Å²) in [6, 6.07) is 6.27. The van der Waals surface area contributed by atoms with E-state index in [2.05, 4.69) is 16.0 Å². The standard InChI is InChI=1S/C16H22N4O4S2.ClH/c21-15(9-13-11-25-7-5-17-13)19-12-2-1-3-14(8-12)26(23,24)20-6-4-18-16(22)10-20;/h1-3,8,13,17H,4-7,9-11H2,(H,18,22)(H,19,21);1H.